The molecule has 0 aliphatic carbocycles. The second kappa shape index (κ2) is 7.81. The van der Waals surface area contributed by atoms with Crippen molar-refractivity contribution in [1.82, 2.24) is 4.98 Å². The van der Waals surface area contributed by atoms with Crippen LogP contribution in [0, 0.1) is 5.82 Å². The largest absolute Gasteiger partial charge is 0.426 e. The number of carbonyl (C=O) groups is 2. The van der Waals surface area contributed by atoms with Gasteiger partial charge in [-0.05, 0) is 42.5 Å². The van der Waals surface area contributed by atoms with Crippen molar-refractivity contribution in [3.63, 3.8) is 0 Å². The van der Waals surface area contributed by atoms with Crippen LogP contribution in [0.2, 0.25) is 0 Å². The molecule has 4 rings (SSSR count). The number of carbonyl (C=O) groups excluding carboxylic acids is 2. The number of benzene rings is 3. The van der Waals surface area contributed by atoms with Gasteiger partial charge in [0.1, 0.15) is 27.9 Å². The highest BCUT2D eigenvalue weighted by Crippen LogP contribution is 2.36. The number of aromatic nitrogens is 1. The Kier molecular flexibility index (Phi) is 5.05. The van der Waals surface area contributed by atoms with E-state index in [1.165, 1.54) is 48.6 Å². The third-order valence-corrected chi connectivity index (χ3v) is 5.10. The van der Waals surface area contributed by atoms with E-state index >= 15 is 0 Å². The van der Waals surface area contributed by atoms with Gasteiger partial charge in [-0.1, -0.05) is 24.3 Å². The second-order valence-corrected chi connectivity index (χ2v) is 7.14. The number of hydrogen-bond acceptors (Lipinski definition) is 6. The van der Waals surface area contributed by atoms with E-state index in [-0.39, 0.29) is 17.1 Å². The van der Waals surface area contributed by atoms with Crippen LogP contribution in [0.4, 0.5) is 4.39 Å². The molecular weight excluding hydrogens is 393 g/mol. The molecule has 0 saturated heterocycles. The molecule has 144 valence electrons. The lowest BCUT2D eigenvalue weighted by atomic mass is 10.2. The summed E-state index contributed by atoms with van der Waals surface area (Å²) >= 11 is 1.37. The minimum absolute atomic E-state index is 0.0854. The molecule has 0 amide bonds. The quantitative estimate of drug-likeness (QED) is 0.342. The molecule has 0 unspecified atom stereocenters. The van der Waals surface area contributed by atoms with Gasteiger partial charge in [-0.2, -0.15) is 0 Å². The van der Waals surface area contributed by atoms with Crippen molar-refractivity contribution in [2.24, 2.45) is 0 Å². The van der Waals surface area contributed by atoms with Crippen LogP contribution in [0.25, 0.3) is 20.8 Å². The average molecular weight is 407 g/mol. The van der Waals surface area contributed by atoms with E-state index in [1.807, 2.05) is 24.3 Å². The Hall–Kier alpha value is -3.58. The fraction of sp³-hybridized carbons (Fsp3) is 0.0455. The first-order valence-electron chi connectivity index (χ1n) is 8.66. The van der Waals surface area contributed by atoms with Crippen molar-refractivity contribution in [2.45, 2.75) is 6.92 Å². The second-order valence-electron chi connectivity index (χ2n) is 6.11. The molecule has 1 aromatic heterocycles. The maximum atomic E-state index is 13.9. The van der Waals surface area contributed by atoms with Crippen molar-refractivity contribution >= 4 is 33.5 Å². The predicted octanol–water partition coefficient (Wildman–Crippen LogP) is 5.25. The van der Waals surface area contributed by atoms with Crippen molar-refractivity contribution < 1.29 is 23.5 Å². The summed E-state index contributed by atoms with van der Waals surface area (Å²) in [5.41, 5.74) is 1.22. The smallest absolute Gasteiger partial charge is 0.347 e. The van der Waals surface area contributed by atoms with E-state index in [1.54, 1.807) is 12.1 Å². The summed E-state index contributed by atoms with van der Waals surface area (Å²) in [4.78, 5) is 28.5. The fourth-order valence-electron chi connectivity index (χ4n) is 2.78. The van der Waals surface area contributed by atoms with Crippen molar-refractivity contribution in [3.8, 4) is 22.1 Å². The molecular formula is C22H14FNO4S. The molecule has 0 aliphatic heterocycles. The SMILES string of the molecule is CC(=O)Oc1ccccc1C(=O)Oc1ccc(F)cc1-c1nc2ccccc2s1. The summed E-state index contributed by atoms with van der Waals surface area (Å²) in [5, 5.41) is 0.529. The van der Waals surface area contributed by atoms with Crippen LogP contribution in [0.5, 0.6) is 11.5 Å². The van der Waals surface area contributed by atoms with Gasteiger partial charge >= 0.3 is 11.9 Å². The number of rotatable bonds is 4. The maximum absolute atomic E-state index is 13.9. The maximum Gasteiger partial charge on any atom is 0.347 e. The number of fused-ring (bicyclic) bond motifs is 1. The Balaban J connectivity index is 1.72. The normalized spacial score (nSPS) is 10.7. The van der Waals surface area contributed by atoms with Gasteiger partial charge in [-0.15, -0.1) is 11.3 Å². The number of nitrogens with zero attached hydrogens (tertiary/aromatic N) is 1. The van der Waals surface area contributed by atoms with Gasteiger partial charge in [0.25, 0.3) is 0 Å². The molecule has 0 fully saturated rings. The predicted molar refractivity (Wildman–Crippen MR) is 108 cm³/mol. The molecule has 0 bridgehead atoms. The van der Waals surface area contributed by atoms with E-state index in [9.17, 15) is 14.0 Å². The molecule has 0 aliphatic rings. The van der Waals surface area contributed by atoms with E-state index < -0.39 is 17.8 Å². The molecule has 0 N–H and O–H groups in total. The summed E-state index contributed by atoms with van der Waals surface area (Å²) in [6.45, 7) is 1.24. The molecule has 29 heavy (non-hydrogen) atoms. The topological polar surface area (TPSA) is 65.5 Å². The molecule has 7 heteroatoms. The molecule has 0 radical (unpaired) electrons. The highest BCUT2D eigenvalue weighted by molar-refractivity contribution is 7.21. The zero-order valence-corrected chi connectivity index (χ0v) is 16.0. The third kappa shape index (κ3) is 4.00. The lowest BCUT2D eigenvalue weighted by molar-refractivity contribution is -0.131. The molecule has 3 aromatic carbocycles. The van der Waals surface area contributed by atoms with E-state index in [2.05, 4.69) is 4.98 Å². The van der Waals surface area contributed by atoms with E-state index in [4.69, 9.17) is 9.47 Å². The lowest BCUT2D eigenvalue weighted by Gasteiger charge is -2.11. The Morgan fingerprint density at radius 2 is 1.69 bits per heavy atom. The van der Waals surface area contributed by atoms with Crippen molar-refractivity contribution in [3.05, 3.63) is 78.1 Å². The monoisotopic (exact) mass is 407 g/mol. The lowest BCUT2D eigenvalue weighted by Crippen LogP contribution is -2.13. The van der Waals surface area contributed by atoms with Crippen molar-refractivity contribution in [2.75, 3.05) is 0 Å². The Labute approximate surface area is 169 Å². The molecule has 0 atom stereocenters. The highest BCUT2D eigenvalue weighted by Gasteiger charge is 2.19. The van der Waals surface area contributed by atoms with Crippen LogP contribution in [-0.4, -0.2) is 16.9 Å². The summed E-state index contributed by atoms with van der Waals surface area (Å²) in [7, 11) is 0. The van der Waals surface area contributed by atoms with Gasteiger partial charge < -0.3 is 9.47 Å². The minimum Gasteiger partial charge on any atom is -0.426 e. The zero-order chi connectivity index (χ0) is 20.4. The zero-order valence-electron chi connectivity index (χ0n) is 15.2. The minimum atomic E-state index is -0.726. The molecule has 5 nitrogen and oxygen atoms in total. The van der Waals surface area contributed by atoms with Crippen LogP contribution in [-0.2, 0) is 4.79 Å². The standard InChI is InChI=1S/C22H14FNO4S/c1-13(25)27-18-8-4-2-6-15(18)22(26)28-19-11-10-14(23)12-16(19)21-24-17-7-3-5-9-20(17)29-21/h2-12H,1H3. The number of hydrogen-bond donors (Lipinski definition) is 0. The Bertz CT molecular complexity index is 1200. The Morgan fingerprint density at radius 1 is 0.931 bits per heavy atom. The number of esters is 2. The molecule has 0 saturated carbocycles. The summed E-state index contributed by atoms with van der Waals surface area (Å²) in [5.74, 6) is -1.50. The molecule has 4 aromatic rings. The van der Waals surface area contributed by atoms with Gasteiger partial charge in [-0.3, -0.25) is 4.79 Å². The van der Waals surface area contributed by atoms with E-state index in [0.29, 0.717) is 10.6 Å². The van der Waals surface area contributed by atoms with Crippen LogP contribution in [0.3, 0.4) is 0 Å². The summed E-state index contributed by atoms with van der Waals surface area (Å²) < 4.78 is 25.5. The van der Waals surface area contributed by atoms with Crippen molar-refractivity contribution in [1.29, 1.82) is 0 Å². The van der Waals surface area contributed by atoms with Crippen LogP contribution >= 0.6 is 11.3 Å². The van der Waals surface area contributed by atoms with Gasteiger partial charge in [0.2, 0.25) is 0 Å². The molecule has 0 spiro atoms. The first-order chi connectivity index (χ1) is 14.0. The third-order valence-electron chi connectivity index (χ3n) is 4.03. The van der Waals surface area contributed by atoms with Crippen LogP contribution in [0.1, 0.15) is 17.3 Å². The number of ether oxygens (including phenoxy) is 2. The van der Waals surface area contributed by atoms with Crippen LogP contribution in [0.15, 0.2) is 66.7 Å². The number of thiazole rings is 1. The number of para-hydroxylation sites is 2. The number of halogens is 1. The first-order valence-corrected chi connectivity index (χ1v) is 9.48. The average Bonchev–Trinajstić information content (AvgIpc) is 3.13. The fourth-order valence-corrected chi connectivity index (χ4v) is 3.77. The summed E-state index contributed by atoms with van der Waals surface area (Å²) in [6, 6.07) is 17.6. The van der Waals surface area contributed by atoms with Gasteiger partial charge in [-0.25, -0.2) is 14.2 Å². The first kappa shape index (κ1) is 18.8. The van der Waals surface area contributed by atoms with E-state index in [0.717, 1.165) is 10.2 Å². The summed E-state index contributed by atoms with van der Waals surface area (Å²) in [6.07, 6.45) is 0. The van der Waals surface area contributed by atoms with Gasteiger partial charge in [0, 0.05) is 6.92 Å². The Morgan fingerprint density at radius 3 is 2.48 bits per heavy atom. The van der Waals surface area contributed by atoms with Gasteiger partial charge in [0.15, 0.2) is 0 Å². The molecule has 1 heterocycles. The van der Waals surface area contributed by atoms with Crippen LogP contribution < -0.4 is 9.47 Å². The van der Waals surface area contributed by atoms with Gasteiger partial charge in [0.05, 0.1) is 15.8 Å². The highest BCUT2D eigenvalue weighted by atomic mass is 32.1.